The zero-order valence-corrected chi connectivity index (χ0v) is 13.8. The van der Waals surface area contributed by atoms with Crippen molar-refractivity contribution in [1.29, 1.82) is 5.26 Å². The molecule has 2 aromatic carbocycles. The maximum Gasteiger partial charge on any atom is 0.266 e. The molecule has 0 saturated heterocycles. The van der Waals surface area contributed by atoms with Gasteiger partial charge in [0.15, 0.2) is 0 Å². The molecule has 5 heteroatoms. The van der Waals surface area contributed by atoms with Gasteiger partial charge in [-0.15, -0.1) is 0 Å². The number of ether oxygens (including phenoxy) is 2. The molecule has 2 rings (SSSR count). The van der Waals surface area contributed by atoms with Crippen LogP contribution in [0.2, 0.25) is 0 Å². The van der Waals surface area contributed by atoms with Crippen LogP contribution in [0.3, 0.4) is 0 Å². The minimum atomic E-state index is -0.475. The van der Waals surface area contributed by atoms with E-state index in [1.54, 1.807) is 31.4 Å². The highest BCUT2D eigenvalue weighted by atomic mass is 16.5. The fraction of sp³-hybridized carbons (Fsp3) is 0.158. The zero-order chi connectivity index (χ0) is 17.5. The quantitative estimate of drug-likeness (QED) is 0.675. The smallest absolute Gasteiger partial charge is 0.266 e. The molecule has 0 aliphatic carbocycles. The van der Waals surface area contributed by atoms with Gasteiger partial charge >= 0.3 is 0 Å². The van der Waals surface area contributed by atoms with Gasteiger partial charge in [-0.1, -0.05) is 18.2 Å². The Balaban J connectivity index is 2.34. The van der Waals surface area contributed by atoms with Crippen LogP contribution in [0.25, 0.3) is 6.08 Å². The number of aryl methyl sites for hydroxylation is 1. The van der Waals surface area contributed by atoms with Crippen molar-refractivity contribution in [3.05, 3.63) is 59.2 Å². The van der Waals surface area contributed by atoms with Gasteiger partial charge in [0.25, 0.3) is 5.91 Å². The van der Waals surface area contributed by atoms with Crippen LogP contribution in [-0.4, -0.2) is 20.1 Å². The van der Waals surface area contributed by atoms with Crippen molar-refractivity contribution < 1.29 is 14.3 Å². The minimum Gasteiger partial charge on any atom is -0.497 e. The van der Waals surface area contributed by atoms with Gasteiger partial charge < -0.3 is 14.8 Å². The third kappa shape index (κ3) is 3.93. The number of para-hydroxylation sites is 1. The lowest BCUT2D eigenvalue weighted by Crippen LogP contribution is -2.14. The summed E-state index contributed by atoms with van der Waals surface area (Å²) in [6, 6.07) is 14.5. The van der Waals surface area contributed by atoms with E-state index in [0.717, 1.165) is 5.56 Å². The number of hydrogen-bond donors (Lipinski definition) is 1. The lowest BCUT2D eigenvalue weighted by Gasteiger charge is -2.09. The predicted molar refractivity (Wildman–Crippen MR) is 92.9 cm³/mol. The average Bonchev–Trinajstić information content (AvgIpc) is 2.61. The summed E-state index contributed by atoms with van der Waals surface area (Å²) in [5.41, 5.74) is 2.15. The number of anilines is 1. The second-order valence-corrected chi connectivity index (χ2v) is 5.05. The van der Waals surface area contributed by atoms with Gasteiger partial charge in [-0.2, -0.15) is 5.26 Å². The van der Waals surface area contributed by atoms with Gasteiger partial charge in [-0.25, -0.2) is 0 Å². The molecule has 0 unspecified atom stereocenters. The van der Waals surface area contributed by atoms with E-state index in [2.05, 4.69) is 5.32 Å². The number of nitrogens with one attached hydrogen (secondary N) is 1. The Hall–Kier alpha value is -3.26. The second kappa shape index (κ2) is 7.84. The maximum atomic E-state index is 12.4. The van der Waals surface area contributed by atoms with Crippen LogP contribution in [-0.2, 0) is 4.79 Å². The summed E-state index contributed by atoms with van der Waals surface area (Å²) in [5.74, 6) is 0.683. The summed E-state index contributed by atoms with van der Waals surface area (Å²) in [5, 5.41) is 12.1. The number of benzene rings is 2. The lowest BCUT2D eigenvalue weighted by molar-refractivity contribution is -0.112. The largest absolute Gasteiger partial charge is 0.497 e. The van der Waals surface area contributed by atoms with Gasteiger partial charge in [0.1, 0.15) is 23.1 Å². The molecule has 0 aliphatic heterocycles. The minimum absolute atomic E-state index is 0.0233. The summed E-state index contributed by atoms with van der Waals surface area (Å²) < 4.78 is 10.4. The first-order valence-corrected chi connectivity index (χ1v) is 7.30. The summed E-state index contributed by atoms with van der Waals surface area (Å²) in [6.07, 6.45) is 1.48. The Morgan fingerprint density at radius 2 is 1.92 bits per heavy atom. The number of rotatable bonds is 5. The fourth-order valence-corrected chi connectivity index (χ4v) is 2.16. The van der Waals surface area contributed by atoms with E-state index in [0.29, 0.717) is 22.7 Å². The molecule has 0 fully saturated rings. The predicted octanol–water partition coefficient (Wildman–Crippen LogP) is 3.56. The molecule has 24 heavy (non-hydrogen) atoms. The molecule has 0 aliphatic rings. The standard InChI is InChI=1S/C19H18N2O3/c1-13-6-4-5-7-17(13)21-19(22)15(12-20)10-14-11-16(23-2)8-9-18(14)24-3/h4-11H,1-3H3,(H,21,22)/b15-10-. The van der Waals surface area contributed by atoms with Crippen LogP contribution >= 0.6 is 0 Å². The first-order chi connectivity index (χ1) is 11.6. The Morgan fingerprint density at radius 3 is 2.54 bits per heavy atom. The van der Waals surface area contributed by atoms with Crippen LogP contribution in [0.5, 0.6) is 11.5 Å². The monoisotopic (exact) mass is 322 g/mol. The first kappa shape index (κ1) is 17.1. The number of carbonyl (C=O) groups excluding carboxylic acids is 1. The summed E-state index contributed by atoms with van der Waals surface area (Å²) >= 11 is 0. The van der Waals surface area contributed by atoms with E-state index in [9.17, 15) is 10.1 Å². The van der Waals surface area contributed by atoms with Gasteiger partial charge in [0.05, 0.1) is 14.2 Å². The van der Waals surface area contributed by atoms with Gasteiger partial charge in [0, 0.05) is 11.3 Å². The van der Waals surface area contributed by atoms with E-state index in [1.165, 1.54) is 13.2 Å². The van der Waals surface area contributed by atoms with Crippen LogP contribution in [0.15, 0.2) is 48.0 Å². The molecule has 1 N–H and O–H groups in total. The molecule has 0 heterocycles. The molecule has 0 atom stereocenters. The maximum absolute atomic E-state index is 12.4. The van der Waals surface area contributed by atoms with Crippen LogP contribution < -0.4 is 14.8 Å². The van der Waals surface area contributed by atoms with E-state index in [1.807, 2.05) is 31.2 Å². The van der Waals surface area contributed by atoms with Gasteiger partial charge in [0.2, 0.25) is 0 Å². The summed E-state index contributed by atoms with van der Waals surface area (Å²) in [4.78, 5) is 12.4. The van der Waals surface area contributed by atoms with Crippen molar-refractivity contribution in [2.24, 2.45) is 0 Å². The Bertz CT molecular complexity index is 820. The van der Waals surface area contributed by atoms with Crippen LogP contribution in [0.1, 0.15) is 11.1 Å². The summed E-state index contributed by atoms with van der Waals surface area (Å²) in [6.45, 7) is 1.89. The van der Waals surface area contributed by atoms with Crippen molar-refractivity contribution in [3.63, 3.8) is 0 Å². The molecule has 0 radical (unpaired) electrons. The first-order valence-electron chi connectivity index (χ1n) is 7.30. The molecular weight excluding hydrogens is 304 g/mol. The summed E-state index contributed by atoms with van der Waals surface area (Å²) in [7, 11) is 3.07. The van der Waals surface area contributed by atoms with Gasteiger partial charge in [-0.3, -0.25) is 4.79 Å². The highest BCUT2D eigenvalue weighted by molar-refractivity contribution is 6.10. The number of carbonyl (C=O) groups is 1. The molecular formula is C19H18N2O3. The molecule has 1 amide bonds. The van der Waals surface area contributed by atoms with Crippen molar-refractivity contribution in [2.75, 3.05) is 19.5 Å². The van der Waals surface area contributed by atoms with E-state index >= 15 is 0 Å². The molecule has 0 aromatic heterocycles. The van der Waals surface area contributed by atoms with E-state index < -0.39 is 5.91 Å². The number of hydrogen-bond acceptors (Lipinski definition) is 4. The van der Waals surface area contributed by atoms with Crippen molar-refractivity contribution in [3.8, 4) is 17.6 Å². The fourth-order valence-electron chi connectivity index (χ4n) is 2.16. The molecule has 2 aromatic rings. The number of nitriles is 1. The highest BCUT2D eigenvalue weighted by Gasteiger charge is 2.12. The lowest BCUT2D eigenvalue weighted by atomic mass is 10.1. The number of nitrogens with zero attached hydrogens (tertiary/aromatic N) is 1. The van der Waals surface area contributed by atoms with Crippen LogP contribution in [0.4, 0.5) is 5.69 Å². The highest BCUT2D eigenvalue weighted by Crippen LogP contribution is 2.26. The van der Waals surface area contributed by atoms with Crippen LogP contribution in [0, 0.1) is 18.3 Å². The Morgan fingerprint density at radius 1 is 1.17 bits per heavy atom. The van der Waals surface area contributed by atoms with Gasteiger partial charge in [-0.05, 0) is 42.8 Å². The molecule has 0 bridgehead atoms. The van der Waals surface area contributed by atoms with E-state index in [4.69, 9.17) is 9.47 Å². The molecule has 5 nitrogen and oxygen atoms in total. The Kier molecular flexibility index (Phi) is 5.58. The van der Waals surface area contributed by atoms with Crippen molar-refractivity contribution >= 4 is 17.7 Å². The Labute approximate surface area is 141 Å². The SMILES string of the molecule is COc1ccc(OC)c(/C=C(/C#N)C(=O)Nc2ccccc2C)c1. The molecule has 122 valence electrons. The van der Waals surface area contributed by atoms with E-state index in [-0.39, 0.29) is 5.57 Å². The number of methoxy groups -OCH3 is 2. The topological polar surface area (TPSA) is 71.3 Å². The average molecular weight is 322 g/mol. The molecule has 0 spiro atoms. The zero-order valence-electron chi connectivity index (χ0n) is 13.8. The normalized spacial score (nSPS) is 10.7. The van der Waals surface area contributed by atoms with Crippen molar-refractivity contribution in [2.45, 2.75) is 6.92 Å². The van der Waals surface area contributed by atoms with Crippen molar-refractivity contribution in [1.82, 2.24) is 0 Å². The third-order valence-corrected chi connectivity index (χ3v) is 3.50. The third-order valence-electron chi connectivity index (χ3n) is 3.50. The number of amides is 1. The molecule has 0 saturated carbocycles. The second-order valence-electron chi connectivity index (χ2n) is 5.05.